The second kappa shape index (κ2) is 11.3. The Kier molecular flexibility index (Phi) is 7.72. The number of hydrogen-bond donors (Lipinski definition) is 0. The molecule has 38 heavy (non-hydrogen) atoms. The van der Waals surface area contributed by atoms with Crippen molar-refractivity contribution in [2.45, 2.75) is 20.5 Å². The first kappa shape index (κ1) is 25.9. The summed E-state index contributed by atoms with van der Waals surface area (Å²) in [6.45, 7) is 5.03. The van der Waals surface area contributed by atoms with Gasteiger partial charge in [-0.2, -0.15) is 5.10 Å². The molecule has 0 aliphatic carbocycles. The Balaban J connectivity index is 1.49. The predicted octanol–water partition coefficient (Wildman–Crippen LogP) is 7.11. The summed E-state index contributed by atoms with van der Waals surface area (Å²) >= 11 is 6.82. The SMILES string of the molecule is CC(C)CN1C(=O)C(=Cc2cn(-c3ccccc3)nc2-c2cccc(OCc3ccc(F)cc3)c2)SC1=S. The smallest absolute Gasteiger partial charge is 0.266 e. The lowest BCUT2D eigenvalue weighted by atomic mass is 10.1. The van der Waals surface area contributed by atoms with Gasteiger partial charge in [0.1, 0.15) is 28.2 Å². The molecule has 0 N–H and O–H groups in total. The zero-order valence-electron chi connectivity index (χ0n) is 21.0. The highest BCUT2D eigenvalue weighted by Crippen LogP contribution is 2.36. The van der Waals surface area contributed by atoms with Crippen LogP contribution in [-0.4, -0.2) is 31.5 Å². The van der Waals surface area contributed by atoms with Crippen LogP contribution in [0.4, 0.5) is 4.39 Å². The fraction of sp³-hybridized carbons (Fsp3) is 0.167. The second-order valence-corrected chi connectivity index (χ2v) is 11.0. The number of hydrogen-bond acceptors (Lipinski definition) is 5. The molecule has 8 heteroatoms. The van der Waals surface area contributed by atoms with E-state index in [1.54, 1.807) is 17.0 Å². The molecule has 0 unspecified atom stereocenters. The number of carbonyl (C=O) groups excluding carboxylic acids is 1. The summed E-state index contributed by atoms with van der Waals surface area (Å²) in [7, 11) is 0. The van der Waals surface area contributed by atoms with E-state index in [2.05, 4.69) is 13.8 Å². The number of benzene rings is 3. The third-order valence-electron chi connectivity index (χ3n) is 5.90. The van der Waals surface area contributed by atoms with E-state index in [4.69, 9.17) is 22.1 Å². The van der Waals surface area contributed by atoms with E-state index in [-0.39, 0.29) is 11.7 Å². The molecule has 4 aromatic rings. The molecule has 5 nitrogen and oxygen atoms in total. The van der Waals surface area contributed by atoms with E-state index < -0.39 is 0 Å². The Morgan fingerprint density at radius 2 is 1.82 bits per heavy atom. The van der Waals surface area contributed by atoms with Gasteiger partial charge in [0.25, 0.3) is 5.91 Å². The molecule has 1 saturated heterocycles. The predicted molar refractivity (Wildman–Crippen MR) is 154 cm³/mol. The van der Waals surface area contributed by atoms with Crippen molar-refractivity contribution in [1.29, 1.82) is 0 Å². The lowest BCUT2D eigenvalue weighted by Gasteiger charge is -2.16. The van der Waals surface area contributed by atoms with Crippen LogP contribution in [0.25, 0.3) is 23.0 Å². The van der Waals surface area contributed by atoms with Crippen molar-refractivity contribution in [2.75, 3.05) is 6.54 Å². The van der Waals surface area contributed by atoms with Crippen LogP contribution in [0.5, 0.6) is 5.75 Å². The zero-order valence-corrected chi connectivity index (χ0v) is 22.6. The van der Waals surface area contributed by atoms with Gasteiger partial charge in [-0.3, -0.25) is 9.69 Å². The normalized spacial score (nSPS) is 14.6. The maximum Gasteiger partial charge on any atom is 0.266 e. The molecule has 0 radical (unpaired) electrons. The first-order valence-corrected chi connectivity index (χ1v) is 13.5. The number of aromatic nitrogens is 2. The molecule has 1 aliphatic heterocycles. The highest BCUT2D eigenvalue weighted by atomic mass is 32.2. The average molecular weight is 544 g/mol. The largest absolute Gasteiger partial charge is 0.489 e. The molecule has 0 atom stereocenters. The van der Waals surface area contributed by atoms with Gasteiger partial charge in [-0.15, -0.1) is 0 Å². The highest BCUT2D eigenvalue weighted by Gasteiger charge is 2.32. The van der Waals surface area contributed by atoms with Crippen LogP contribution in [0, 0.1) is 11.7 Å². The fourth-order valence-corrected chi connectivity index (χ4v) is 5.34. The Bertz CT molecular complexity index is 1500. The van der Waals surface area contributed by atoms with Gasteiger partial charge in [0.05, 0.1) is 10.6 Å². The second-order valence-electron chi connectivity index (χ2n) is 9.34. The van der Waals surface area contributed by atoms with Crippen molar-refractivity contribution in [3.8, 4) is 22.7 Å². The Morgan fingerprint density at radius 1 is 1.05 bits per heavy atom. The van der Waals surface area contributed by atoms with Gasteiger partial charge in [0.15, 0.2) is 0 Å². The number of thiocarbonyl (C=S) groups is 1. The summed E-state index contributed by atoms with van der Waals surface area (Å²) < 4.78 is 21.6. The Morgan fingerprint density at radius 3 is 2.55 bits per heavy atom. The number of rotatable bonds is 8. The number of para-hydroxylation sites is 1. The quantitative estimate of drug-likeness (QED) is 0.175. The molecule has 192 valence electrons. The van der Waals surface area contributed by atoms with Crippen molar-refractivity contribution in [1.82, 2.24) is 14.7 Å². The first-order chi connectivity index (χ1) is 18.4. The van der Waals surface area contributed by atoms with Crippen LogP contribution in [0.3, 0.4) is 0 Å². The van der Waals surface area contributed by atoms with Gasteiger partial charge in [-0.25, -0.2) is 9.07 Å². The highest BCUT2D eigenvalue weighted by molar-refractivity contribution is 8.26. The van der Waals surface area contributed by atoms with E-state index in [0.29, 0.717) is 34.0 Å². The van der Waals surface area contributed by atoms with Gasteiger partial charge < -0.3 is 4.74 Å². The number of carbonyl (C=O) groups is 1. The molecule has 1 aromatic heterocycles. The molecule has 0 saturated carbocycles. The van der Waals surface area contributed by atoms with E-state index in [9.17, 15) is 9.18 Å². The van der Waals surface area contributed by atoms with Crippen LogP contribution in [-0.2, 0) is 11.4 Å². The minimum absolute atomic E-state index is 0.0801. The van der Waals surface area contributed by atoms with E-state index in [1.165, 1.54) is 23.9 Å². The topological polar surface area (TPSA) is 47.4 Å². The third kappa shape index (κ3) is 5.87. The number of amides is 1. The van der Waals surface area contributed by atoms with Crippen LogP contribution in [0.15, 0.2) is 90.0 Å². The summed E-state index contributed by atoms with van der Waals surface area (Å²) in [5, 5.41) is 4.88. The molecule has 2 heterocycles. The molecular weight excluding hydrogens is 517 g/mol. The Hall–Kier alpha value is -3.75. The van der Waals surface area contributed by atoms with Crippen molar-refractivity contribution in [3.63, 3.8) is 0 Å². The van der Waals surface area contributed by atoms with E-state index >= 15 is 0 Å². The van der Waals surface area contributed by atoms with Crippen LogP contribution < -0.4 is 4.74 Å². The minimum atomic E-state index is -0.279. The molecule has 0 bridgehead atoms. The fourth-order valence-electron chi connectivity index (χ4n) is 4.07. The molecule has 1 fully saturated rings. The van der Waals surface area contributed by atoms with Gasteiger partial charge >= 0.3 is 0 Å². The van der Waals surface area contributed by atoms with Crippen molar-refractivity contribution < 1.29 is 13.9 Å². The lowest BCUT2D eigenvalue weighted by Crippen LogP contribution is -2.31. The average Bonchev–Trinajstić information content (AvgIpc) is 3.45. The summed E-state index contributed by atoms with van der Waals surface area (Å²) in [6, 6.07) is 23.7. The first-order valence-electron chi connectivity index (χ1n) is 12.3. The standard InChI is InChI=1S/C30H26FN3O2S2/c1-20(2)17-33-29(35)27(38-30(33)37)16-23-18-34(25-8-4-3-5-9-25)32-28(23)22-7-6-10-26(15-22)36-19-21-11-13-24(31)14-12-21/h3-16,18,20H,17,19H2,1-2H3. The van der Waals surface area contributed by atoms with Gasteiger partial charge in [-0.1, -0.05) is 80.3 Å². The zero-order chi connectivity index (χ0) is 26.6. The molecule has 1 aliphatic rings. The number of ether oxygens (including phenoxy) is 1. The summed E-state index contributed by atoms with van der Waals surface area (Å²) in [5.74, 6) is 0.614. The van der Waals surface area contributed by atoms with Crippen molar-refractivity contribution in [2.24, 2.45) is 5.92 Å². The number of thioether (sulfide) groups is 1. The summed E-state index contributed by atoms with van der Waals surface area (Å²) in [4.78, 5) is 15.4. The van der Waals surface area contributed by atoms with Gasteiger partial charge in [0.2, 0.25) is 0 Å². The van der Waals surface area contributed by atoms with Crippen LogP contribution in [0.2, 0.25) is 0 Å². The number of nitrogens with zero attached hydrogens (tertiary/aromatic N) is 3. The van der Waals surface area contributed by atoms with Crippen LogP contribution in [0.1, 0.15) is 25.0 Å². The van der Waals surface area contributed by atoms with Gasteiger partial charge in [0, 0.05) is 23.9 Å². The van der Waals surface area contributed by atoms with Crippen molar-refractivity contribution in [3.05, 3.63) is 107 Å². The maximum absolute atomic E-state index is 13.2. The summed E-state index contributed by atoms with van der Waals surface area (Å²) in [6.07, 6.45) is 3.79. The number of halogens is 1. The summed E-state index contributed by atoms with van der Waals surface area (Å²) in [5.41, 5.74) is 4.14. The van der Waals surface area contributed by atoms with Gasteiger partial charge in [-0.05, 0) is 54.0 Å². The van der Waals surface area contributed by atoms with Crippen LogP contribution >= 0.6 is 24.0 Å². The van der Waals surface area contributed by atoms with E-state index in [1.807, 2.05) is 71.6 Å². The molecule has 3 aromatic carbocycles. The third-order valence-corrected chi connectivity index (χ3v) is 7.28. The Labute approximate surface area is 230 Å². The maximum atomic E-state index is 13.2. The monoisotopic (exact) mass is 543 g/mol. The molecular formula is C30H26FN3O2S2. The van der Waals surface area contributed by atoms with Crippen molar-refractivity contribution >= 4 is 40.3 Å². The lowest BCUT2D eigenvalue weighted by molar-refractivity contribution is -0.122. The molecule has 1 amide bonds. The molecule has 0 spiro atoms. The van der Waals surface area contributed by atoms with E-state index in [0.717, 1.165) is 28.1 Å². The minimum Gasteiger partial charge on any atom is -0.489 e. The molecule has 5 rings (SSSR count).